The molecule has 19 heavy (non-hydrogen) atoms. The highest BCUT2D eigenvalue weighted by Gasteiger charge is 2.32. The summed E-state index contributed by atoms with van der Waals surface area (Å²) in [6.07, 6.45) is 2.97. The van der Waals surface area contributed by atoms with Crippen LogP contribution in [0.15, 0.2) is 16.7 Å². The van der Waals surface area contributed by atoms with Crippen LogP contribution in [0.5, 0.6) is 0 Å². The van der Waals surface area contributed by atoms with Crippen LogP contribution in [0.1, 0.15) is 19.3 Å². The first-order valence-corrected chi connectivity index (χ1v) is 6.56. The Morgan fingerprint density at radius 1 is 1.68 bits per heavy atom. The topological polar surface area (TPSA) is 96.6 Å². The molecule has 0 saturated carbocycles. The fourth-order valence-electron chi connectivity index (χ4n) is 2.31. The van der Waals surface area contributed by atoms with Crippen LogP contribution in [0, 0.1) is 10.1 Å². The zero-order chi connectivity index (χ0) is 14.0. The Morgan fingerprint density at radius 2 is 2.42 bits per heavy atom. The minimum Gasteiger partial charge on any atom is -0.481 e. The van der Waals surface area contributed by atoms with Gasteiger partial charge in [0.25, 0.3) is 0 Å². The molecule has 0 amide bonds. The van der Waals surface area contributed by atoms with E-state index >= 15 is 0 Å². The Bertz CT molecular complexity index is 523. The summed E-state index contributed by atoms with van der Waals surface area (Å²) in [6, 6.07) is 1.16. The van der Waals surface area contributed by atoms with Gasteiger partial charge in [-0.3, -0.25) is 14.9 Å². The fraction of sp³-hybridized carbons (Fsp3) is 0.455. The number of carboxylic acid groups (broad SMARTS) is 1. The van der Waals surface area contributed by atoms with Crippen LogP contribution in [0.2, 0.25) is 0 Å². The lowest BCUT2D eigenvalue weighted by Crippen LogP contribution is -2.32. The van der Waals surface area contributed by atoms with Crippen molar-refractivity contribution in [1.29, 1.82) is 0 Å². The second-order valence-corrected chi connectivity index (χ2v) is 5.26. The first kappa shape index (κ1) is 13.7. The molecule has 1 N–H and O–H groups in total. The predicted octanol–water partition coefficient (Wildman–Crippen LogP) is 2.20. The predicted molar refractivity (Wildman–Crippen MR) is 71.2 cm³/mol. The first-order chi connectivity index (χ1) is 8.99. The van der Waals surface area contributed by atoms with Crippen LogP contribution in [-0.4, -0.2) is 33.6 Å². The standard InChI is InChI=1S/C11H12BrN3O4/c12-7-4-9(15(18)19)11(13-6-7)14-3-1-2-8(14)5-10(16)17/h4,6,8H,1-3,5H2,(H,16,17). The van der Waals surface area contributed by atoms with Crippen molar-refractivity contribution in [1.82, 2.24) is 4.98 Å². The van der Waals surface area contributed by atoms with E-state index in [0.29, 0.717) is 17.4 Å². The van der Waals surface area contributed by atoms with Crippen molar-refractivity contribution in [2.24, 2.45) is 0 Å². The summed E-state index contributed by atoms with van der Waals surface area (Å²) in [5.74, 6) is -0.659. The molecule has 7 nitrogen and oxygen atoms in total. The molecule has 1 saturated heterocycles. The van der Waals surface area contributed by atoms with E-state index in [-0.39, 0.29) is 24.0 Å². The summed E-state index contributed by atoms with van der Waals surface area (Å²) in [5.41, 5.74) is -0.105. The van der Waals surface area contributed by atoms with Crippen molar-refractivity contribution in [2.45, 2.75) is 25.3 Å². The number of hydrogen-bond acceptors (Lipinski definition) is 5. The first-order valence-electron chi connectivity index (χ1n) is 5.77. The third-order valence-corrected chi connectivity index (χ3v) is 3.50. The van der Waals surface area contributed by atoms with Gasteiger partial charge in [0, 0.05) is 29.3 Å². The van der Waals surface area contributed by atoms with Gasteiger partial charge in [0.05, 0.1) is 11.3 Å². The maximum atomic E-state index is 11.1. The van der Waals surface area contributed by atoms with E-state index in [1.54, 1.807) is 4.90 Å². The molecule has 102 valence electrons. The molecule has 0 spiro atoms. The number of carboxylic acids is 1. The molecular formula is C11H12BrN3O4. The Kier molecular flexibility index (Phi) is 3.98. The van der Waals surface area contributed by atoms with E-state index in [4.69, 9.17) is 5.11 Å². The van der Waals surface area contributed by atoms with Gasteiger partial charge in [-0.15, -0.1) is 0 Å². The molecule has 0 aromatic carbocycles. The fourth-order valence-corrected chi connectivity index (χ4v) is 2.62. The number of nitrogens with zero attached hydrogens (tertiary/aromatic N) is 3. The summed E-state index contributed by atoms with van der Waals surface area (Å²) in [5, 5.41) is 19.9. The zero-order valence-corrected chi connectivity index (χ0v) is 11.5. The summed E-state index contributed by atoms with van der Waals surface area (Å²) >= 11 is 3.15. The molecule has 2 rings (SSSR count). The molecule has 0 aliphatic carbocycles. The third-order valence-electron chi connectivity index (χ3n) is 3.07. The number of aromatic nitrogens is 1. The Balaban J connectivity index is 2.35. The molecule has 1 aromatic heterocycles. The molecule has 1 atom stereocenters. The quantitative estimate of drug-likeness (QED) is 0.671. The van der Waals surface area contributed by atoms with Gasteiger partial charge < -0.3 is 10.0 Å². The van der Waals surface area contributed by atoms with Crippen LogP contribution in [-0.2, 0) is 4.79 Å². The van der Waals surface area contributed by atoms with E-state index in [2.05, 4.69) is 20.9 Å². The summed E-state index contributed by atoms with van der Waals surface area (Å²) in [4.78, 5) is 27.2. The van der Waals surface area contributed by atoms with Crippen LogP contribution in [0.4, 0.5) is 11.5 Å². The van der Waals surface area contributed by atoms with E-state index in [9.17, 15) is 14.9 Å². The van der Waals surface area contributed by atoms with Gasteiger partial charge in [-0.1, -0.05) is 0 Å². The number of hydrogen-bond donors (Lipinski definition) is 1. The molecule has 1 aliphatic heterocycles. The van der Waals surface area contributed by atoms with Crippen LogP contribution < -0.4 is 4.90 Å². The van der Waals surface area contributed by atoms with E-state index < -0.39 is 10.9 Å². The minimum atomic E-state index is -0.906. The monoisotopic (exact) mass is 329 g/mol. The normalized spacial score (nSPS) is 18.6. The van der Waals surface area contributed by atoms with Crippen molar-refractivity contribution >= 4 is 33.4 Å². The van der Waals surface area contributed by atoms with Gasteiger partial charge >= 0.3 is 11.7 Å². The van der Waals surface area contributed by atoms with Gasteiger partial charge in [0.2, 0.25) is 5.82 Å². The lowest BCUT2D eigenvalue weighted by molar-refractivity contribution is -0.384. The maximum absolute atomic E-state index is 11.1. The van der Waals surface area contributed by atoms with Crippen molar-refractivity contribution in [3.63, 3.8) is 0 Å². The number of halogens is 1. The molecule has 0 bridgehead atoms. The lowest BCUT2D eigenvalue weighted by atomic mass is 10.1. The molecule has 1 fully saturated rings. The molecule has 8 heteroatoms. The van der Waals surface area contributed by atoms with Crippen LogP contribution in [0.3, 0.4) is 0 Å². The highest BCUT2D eigenvalue weighted by atomic mass is 79.9. The largest absolute Gasteiger partial charge is 0.481 e. The number of aliphatic carboxylic acids is 1. The molecule has 1 unspecified atom stereocenters. The summed E-state index contributed by atoms with van der Waals surface area (Å²) in [6.45, 7) is 0.591. The van der Waals surface area contributed by atoms with E-state index in [1.807, 2.05) is 0 Å². The second kappa shape index (κ2) is 5.52. The number of anilines is 1. The Labute approximate surface area is 117 Å². The van der Waals surface area contributed by atoms with Gasteiger partial charge in [-0.2, -0.15) is 0 Å². The maximum Gasteiger partial charge on any atom is 0.312 e. The van der Waals surface area contributed by atoms with Gasteiger partial charge in [0.1, 0.15) is 0 Å². The average Bonchev–Trinajstić information content (AvgIpc) is 2.76. The smallest absolute Gasteiger partial charge is 0.312 e. The van der Waals surface area contributed by atoms with Crippen molar-refractivity contribution in [2.75, 3.05) is 11.4 Å². The number of nitro groups is 1. The molecule has 1 aromatic rings. The summed E-state index contributed by atoms with van der Waals surface area (Å²) in [7, 11) is 0. The highest BCUT2D eigenvalue weighted by molar-refractivity contribution is 9.10. The SMILES string of the molecule is O=C(O)CC1CCCN1c1ncc(Br)cc1[N+](=O)[O-]. The summed E-state index contributed by atoms with van der Waals surface area (Å²) < 4.78 is 0.525. The second-order valence-electron chi connectivity index (χ2n) is 4.34. The van der Waals surface area contributed by atoms with Crippen LogP contribution >= 0.6 is 15.9 Å². The number of pyridine rings is 1. The average molecular weight is 330 g/mol. The third kappa shape index (κ3) is 3.01. The minimum absolute atomic E-state index is 0.0328. The Hall–Kier alpha value is -1.70. The van der Waals surface area contributed by atoms with Gasteiger partial charge in [-0.25, -0.2) is 4.98 Å². The Morgan fingerprint density at radius 3 is 3.05 bits per heavy atom. The molecule has 0 radical (unpaired) electrons. The number of carbonyl (C=O) groups is 1. The highest BCUT2D eigenvalue weighted by Crippen LogP contribution is 2.34. The van der Waals surface area contributed by atoms with Crippen molar-refractivity contribution in [3.8, 4) is 0 Å². The van der Waals surface area contributed by atoms with E-state index in [1.165, 1.54) is 12.3 Å². The lowest BCUT2D eigenvalue weighted by Gasteiger charge is -2.24. The molecule has 1 aliphatic rings. The molecular weight excluding hydrogens is 318 g/mol. The van der Waals surface area contributed by atoms with Crippen molar-refractivity contribution < 1.29 is 14.8 Å². The van der Waals surface area contributed by atoms with Gasteiger partial charge in [0.15, 0.2) is 0 Å². The van der Waals surface area contributed by atoms with Crippen LogP contribution in [0.25, 0.3) is 0 Å². The van der Waals surface area contributed by atoms with Gasteiger partial charge in [-0.05, 0) is 28.8 Å². The van der Waals surface area contributed by atoms with E-state index in [0.717, 1.165) is 6.42 Å². The number of rotatable bonds is 4. The zero-order valence-electron chi connectivity index (χ0n) is 9.95. The van der Waals surface area contributed by atoms with Crippen molar-refractivity contribution in [3.05, 3.63) is 26.9 Å². The molecule has 2 heterocycles.